The third-order valence-electron chi connectivity index (χ3n) is 2.86. The van der Waals surface area contributed by atoms with Gasteiger partial charge in [0.1, 0.15) is 5.75 Å². The molecule has 0 atom stereocenters. The van der Waals surface area contributed by atoms with Gasteiger partial charge in [-0.2, -0.15) is 0 Å². The first-order valence-corrected chi connectivity index (χ1v) is 7.12. The van der Waals surface area contributed by atoms with E-state index < -0.39 is 0 Å². The molecule has 0 aliphatic heterocycles. The molecule has 0 fully saturated rings. The zero-order chi connectivity index (χ0) is 12.6. The van der Waals surface area contributed by atoms with Crippen LogP contribution in [0, 0.1) is 0 Å². The van der Waals surface area contributed by atoms with Crippen molar-refractivity contribution in [2.45, 2.75) is 19.4 Å². The summed E-state index contributed by atoms with van der Waals surface area (Å²) in [6.07, 6.45) is 2.28. The molecular weight excluding hydrogens is 242 g/mol. The third-order valence-corrected chi connectivity index (χ3v) is 3.73. The van der Waals surface area contributed by atoms with Crippen LogP contribution < -0.4 is 10.1 Å². The van der Waals surface area contributed by atoms with Crippen LogP contribution in [0.1, 0.15) is 16.9 Å². The van der Waals surface area contributed by atoms with Crippen LogP contribution >= 0.6 is 11.3 Å². The Bertz CT molecular complexity index is 436. The SMILES string of the molecule is COc1ccc(CCCNCc2cccs2)cc1. The van der Waals surface area contributed by atoms with Crippen LogP contribution in [-0.4, -0.2) is 13.7 Å². The van der Waals surface area contributed by atoms with E-state index in [0.717, 1.165) is 31.7 Å². The molecule has 0 aliphatic rings. The summed E-state index contributed by atoms with van der Waals surface area (Å²) < 4.78 is 5.14. The summed E-state index contributed by atoms with van der Waals surface area (Å²) >= 11 is 1.81. The van der Waals surface area contributed by atoms with Crippen molar-refractivity contribution in [1.82, 2.24) is 5.32 Å². The summed E-state index contributed by atoms with van der Waals surface area (Å²) in [5.74, 6) is 0.926. The molecule has 2 aromatic rings. The van der Waals surface area contributed by atoms with Crippen LogP contribution in [0.15, 0.2) is 41.8 Å². The predicted molar refractivity (Wildman–Crippen MR) is 77.3 cm³/mol. The number of benzene rings is 1. The van der Waals surface area contributed by atoms with Gasteiger partial charge in [0, 0.05) is 11.4 Å². The second kappa shape index (κ2) is 7.19. The number of ether oxygens (including phenoxy) is 1. The standard InChI is InChI=1S/C15H19NOS/c1-17-14-8-6-13(7-9-14)4-2-10-16-12-15-5-3-11-18-15/h3,5-9,11,16H,2,4,10,12H2,1H3. The van der Waals surface area contributed by atoms with E-state index in [1.54, 1.807) is 18.4 Å². The highest BCUT2D eigenvalue weighted by atomic mass is 32.1. The van der Waals surface area contributed by atoms with Crippen molar-refractivity contribution in [1.29, 1.82) is 0 Å². The van der Waals surface area contributed by atoms with E-state index in [9.17, 15) is 0 Å². The maximum atomic E-state index is 5.14. The fourth-order valence-corrected chi connectivity index (χ4v) is 2.51. The molecule has 96 valence electrons. The van der Waals surface area contributed by atoms with Crippen LogP contribution in [0.25, 0.3) is 0 Å². The van der Waals surface area contributed by atoms with Crippen molar-refractivity contribution in [3.05, 3.63) is 52.2 Å². The summed E-state index contributed by atoms with van der Waals surface area (Å²) in [6, 6.07) is 12.6. The molecule has 0 unspecified atom stereocenters. The van der Waals surface area contributed by atoms with Gasteiger partial charge in [0.15, 0.2) is 0 Å². The Labute approximate surface area is 113 Å². The lowest BCUT2D eigenvalue weighted by Crippen LogP contribution is -2.14. The molecule has 1 aromatic carbocycles. The van der Waals surface area contributed by atoms with Crippen LogP contribution in [0.3, 0.4) is 0 Å². The monoisotopic (exact) mass is 261 g/mol. The zero-order valence-electron chi connectivity index (χ0n) is 10.7. The van der Waals surface area contributed by atoms with Gasteiger partial charge in [0.25, 0.3) is 0 Å². The highest BCUT2D eigenvalue weighted by Crippen LogP contribution is 2.12. The van der Waals surface area contributed by atoms with Gasteiger partial charge in [0.2, 0.25) is 0 Å². The van der Waals surface area contributed by atoms with E-state index in [-0.39, 0.29) is 0 Å². The number of hydrogen-bond acceptors (Lipinski definition) is 3. The van der Waals surface area contributed by atoms with E-state index in [0.29, 0.717) is 0 Å². The number of thiophene rings is 1. The second-order valence-electron chi connectivity index (χ2n) is 4.21. The first-order chi connectivity index (χ1) is 8.88. The molecular formula is C15H19NOS. The average Bonchev–Trinajstić information content (AvgIpc) is 2.92. The summed E-state index contributed by atoms with van der Waals surface area (Å²) in [4.78, 5) is 1.40. The first kappa shape index (κ1) is 13.1. The minimum Gasteiger partial charge on any atom is -0.497 e. The summed E-state index contributed by atoms with van der Waals surface area (Å²) in [6.45, 7) is 2.05. The maximum Gasteiger partial charge on any atom is 0.118 e. The Morgan fingerprint density at radius 1 is 1.17 bits per heavy atom. The van der Waals surface area contributed by atoms with Gasteiger partial charge in [-0.05, 0) is 48.5 Å². The summed E-state index contributed by atoms with van der Waals surface area (Å²) in [5.41, 5.74) is 1.37. The van der Waals surface area contributed by atoms with Gasteiger partial charge < -0.3 is 10.1 Å². The summed E-state index contributed by atoms with van der Waals surface area (Å²) in [5, 5.41) is 5.59. The van der Waals surface area contributed by atoms with Gasteiger partial charge >= 0.3 is 0 Å². The van der Waals surface area contributed by atoms with Crippen molar-refractivity contribution in [2.75, 3.05) is 13.7 Å². The quantitative estimate of drug-likeness (QED) is 0.770. The molecule has 0 saturated carbocycles. The molecule has 0 bridgehead atoms. The largest absolute Gasteiger partial charge is 0.497 e. The molecule has 0 spiro atoms. The van der Waals surface area contributed by atoms with Crippen LogP contribution in [0.2, 0.25) is 0 Å². The van der Waals surface area contributed by atoms with Crippen molar-refractivity contribution in [3.63, 3.8) is 0 Å². The molecule has 1 aromatic heterocycles. The fourth-order valence-electron chi connectivity index (χ4n) is 1.83. The molecule has 18 heavy (non-hydrogen) atoms. The fraction of sp³-hybridized carbons (Fsp3) is 0.333. The highest BCUT2D eigenvalue weighted by Gasteiger charge is 1.96. The second-order valence-corrected chi connectivity index (χ2v) is 5.24. The minimum atomic E-state index is 0.926. The average molecular weight is 261 g/mol. The third kappa shape index (κ3) is 4.17. The Balaban J connectivity index is 1.62. The lowest BCUT2D eigenvalue weighted by atomic mass is 10.1. The molecule has 1 N–H and O–H groups in total. The normalized spacial score (nSPS) is 10.5. The lowest BCUT2D eigenvalue weighted by molar-refractivity contribution is 0.414. The van der Waals surface area contributed by atoms with Gasteiger partial charge in [0.05, 0.1) is 7.11 Å². The molecule has 0 amide bonds. The Morgan fingerprint density at radius 3 is 2.67 bits per heavy atom. The first-order valence-electron chi connectivity index (χ1n) is 6.24. The van der Waals surface area contributed by atoms with E-state index >= 15 is 0 Å². The van der Waals surface area contributed by atoms with E-state index in [2.05, 4.69) is 35.0 Å². The molecule has 0 saturated heterocycles. The number of nitrogens with one attached hydrogen (secondary N) is 1. The van der Waals surface area contributed by atoms with Gasteiger partial charge in [-0.25, -0.2) is 0 Å². The minimum absolute atomic E-state index is 0.926. The molecule has 1 heterocycles. The Morgan fingerprint density at radius 2 is 2.00 bits per heavy atom. The van der Waals surface area contributed by atoms with Crippen molar-refractivity contribution in [3.8, 4) is 5.75 Å². The number of aryl methyl sites for hydroxylation is 1. The molecule has 0 radical (unpaired) electrons. The number of rotatable bonds is 7. The molecule has 2 rings (SSSR count). The van der Waals surface area contributed by atoms with Crippen LogP contribution in [0.5, 0.6) is 5.75 Å². The number of hydrogen-bond donors (Lipinski definition) is 1. The molecule has 0 aliphatic carbocycles. The number of methoxy groups -OCH3 is 1. The Hall–Kier alpha value is -1.32. The van der Waals surface area contributed by atoms with Crippen molar-refractivity contribution >= 4 is 11.3 Å². The van der Waals surface area contributed by atoms with Crippen molar-refractivity contribution in [2.24, 2.45) is 0 Å². The topological polar surface area (TPSA) is 21.3 Å². The molecule has 2 nitrogen and oxygen atoms in total. The molecule has 3 heteroatoms. The van der Waals surface area contributed by atoms with E-state index in [1.807, 2.05) is 12.1 Å². The zero-order valence-corrected chi connectivity index (χ0v) is 11.5. The van der Waals surface area contributed by atoms with Crippen molar-refractivity contribution < 1.29 is 4.74 Å². The van der Waals surface area contributed by atoms with E-state index in [4.69, 9.17) is 4.74 Å². The maximum absolute atomic E-state index is 5.14. The predicted octanol–water partition coefficient (Wildman–Crippen LogP) is 3.48. The van der Waals surface area contributed by atoms with Gasteiger partial charge in [-0.1, -0.05) is 18.2 Å². The lowest BCUT2D eigenvalue weighted by Gasteiger charge is -2.05. The van der Waals surface area contributed by atoms with E-state index in [1.165, 1.54) is 10.4 Å². The summed E-state index contributed by atoms with van der Waals surface area (Å²) in [7, 11) is 1.70. The highest BCUT2D eigenvalue weighted by molar-refractivity contribution is 7.09. The smallest absolute Gasteiger partial charge is 0.118 e. The van der Waals surface area contributed by atoms with Gasteiger partial charge in [-0.3, -0.25) is 0 Å². The van der Waals surface area contributed by atoms with Gasteiger partial charge in [-0.15, -0.1) is 11.3 Å². The van der Waals surface area contributed by atoms with Crippen LogP contribution in [0.4, 0.5) is 0 Å². The Kier molecular flexibility index (Phi) is 5.24. The van der Waals surface area contributed by atoms with Crippen LogP contribution in [-0.2, 0) is 13.0 Å².